The van der Waals surface area contributed by atoms with Crippen molar-refractivity contribution in [2.45, 2.75) is 45.1 Å². The van der Waals surface area contributed by atoms with Crippen LogP contribution in [0.4, 0.5) is 0 Å². The molecular formula is C28H29BrN2O2. The minimum atomic E-state index is -0.0436. The molecule has 0 spiro atoms. The van der Waals surface area contributed by atoms with Gasteiger partial charge in [-0.2, -0.15) is 5.10 Å². The fourth-order valence-electron chi connectivity index (χ4n) is 3.82. The highest BCUT2D eigenvalue weighted by atomic mass is 79.9. The van der Waals surface area contributed by atoms with Gasteiger partial charge in [-0.25, -0.2) is 5.43 Å². The third kappa shape index (κ3) is 6.11. The van der Waals surface area contributed by atoms with Gasteiger partial charge in [-0.15, -0.1) is 0 Å². The first-order valence-corrected chi connectivity index (χ1v) is 12.0. The van der Waals surface area contributed by atoms with Crippen LogP contribution in [-0.4, -0.2) is 12.1 Å². The topological polar surface area (TPSA) is 50.7 Å². The van der Waals surface area contributed by atoms with Crippen molar-refractivity contribution < 1.29 is 9.53 Å². The Bertz CT molecular complexity index is 1130. The summed E-state index contributed by atoms with van der Waals surface area (Å²) in [5.41, 5.74) is 7.24. The summed E-state index contributed by atoms with van der Waals surface area (Å²) in [6, 6.07) is 24.4. The average Bonchev–Trinajstić information content (AvgIpc) is 3.60. The van der Waals surface area contributed by atoms with Gasteiger partial charge in [-0.3, -0.25) is 4.79 Å². The van der Waals surface area contributed by atoms with Gasteiger partial charge in [0.25, 0.3) is 0 Å². The van der Waals surface area contributed by atoms with E-state index in [0.717, 1.165) is 22.0 Å². The highest BCUT2D eigenvalue weighted by molar-refractivity contribution is 9.10. The summed E-state index contributed by atoms with van der Waals surface area (Å²) in [7, 11) is 0. The smallest absolute Gasteiger partial charge is 0.243 e. The summed E-state index contributed by atoms with van der Waals surface area (Å²) in [6.07, 6.45) is 2.50. The first-order chi connectivity index (χ1) is 15.8. The summed E-state index contributed by atoms with van der Waals surface area (Å²) in [5, 5.41) is 4.21. The molecule has 0 saturated heterocycles. The average molecular weight is 505 g/mol. The maximum absolute atomic E-state index is 12.6. The standard InChI is InChI=1S/C28H29BrN2O2/c1-28(2,3)22-11-9-20(10-12-22)24-16-25(24)27(32)31-30-17-21-15-23(29)13-14-26(21)33-18-19-7-5-4-6-8-19/h4-15,17,24-25H,16,18H2,1-3H3,(H,31,32)/b30-17+/t24-,25+/m1/s1. The monoisotopic (exact) mass is 504 g/mol. The van der Waals surface area contributed by atoms with E-state index in [1.807, 2.05) is 48.5 Å². The van der Waals surface area contributed by atoms with E-state index in [9.17, 15) is 4.79 Å². The molecule has 33 heavy (non-hydrogen) atoms. The molecule has 170 valence electrons. The maximum Gasteiger partial charge on any atom is 0.243 e. The first kappa shape index (κ1) is 23.2. The Morgan fingerprint density at radius 2 is 1.82 bits per heavy atom. The predicted molar refractivity (Wildman–Crippen MR) is 137 cm³/mol. The van der Waals surface area contributed by atoms with E-state index in [-0.39, 0.29) is 23.2 Å². The van der Waals surface area contributed by atoms with E-state index >= 15 is 0 Å². The number of nitrogens with one attached hydrogen (secondary N) is 1. The van der Waals surface area contributed by atoms with Gasteiger partial charge in [0.2, 0.25) is 5.91 Å². The minimum absolute atomic E-state index is 0.0288. The number of hydrogen-bond acceptors (Lipinski definition) is 3. The highest BCUT2D eigenvalue weighted by Crippen LogP contribution is 2.47. The number of halogens is 1. The van der Waals surface area contributed by atoms with Gasteiger partial charge in [0, 0.05) is 16.0 Å². The van der Waals surface area contributed by atoms with Crippen LogP contribution in [0.1, 0.15) is 55.4 Å². The van der Waals surface area contributed by atoms with Gasteiger partial charge in [0.15, 0.2) is 0 Å². The molecule has 0 aliphatic heterocycles. The molecule has 0 unspecified atom stereocenters. The van der Waals surface area contributed by atoms with Crippen molar-refractivity contribution >= 4 is 28.1 Å². The quantitative estimate of drug-likeness (QED) is 0.291. The lowest BCUT2D eigenvalue weighted by Crippen LogP contribution is -2.20. The number of carbonyl (C=O) groups is 1. The molecule has 0 heterocycles. The molecule has 1 fully saturated rings. The Balaban J connectivity index is 1.34. The molecule has 1 amide bonds. The largest absolute Gasteiger partial charge is 0.488 e. The second-order valence-electron chi connectivity index (χ2n) is 9.51. The van der Waals surface area contributed by atoms with Gasteiger partial charge in [0.1, 0.15) is 12.4 Å². The van der Waals surface area contributed by atoms with E-state index < -0.39 is 0 Å². The van der Waals surface area contributed by atoms with Crippen molar-refractivity contribution in [1.29, 1.82) is 0 Å². The fourth-order valence-corrected chi connectivity index (χ4v) is 4.20. The third-order valence-corrected chi connectivity index (χ3v) is 6.41. The number of hydrogen-bond donors (Lipinski definition) is 1. The normalized spacial score (nSPS) is 17.7. The number of carbonyl (C=O) groups excluding carboxylic acids is 1. The molecule has 5 heteroatoms. The fraction of sp³-hybridized carbons (Fsp3) is 0.286. The number of benzene rings is 3. The van der Waals surface area contributed by atoms with Crippen LogP contribution < -0.4 is 10.2 Å². The van der Waals surface area contributed by atoms with E-state index in [1.54, 1.807) is 6.21 Å². The van der Waals surface area contributed by atoms with Crippen molar-refractivity contribution in [3.05, 3.63) is 99.5 Å². The molecule has 1 N–H and O–H groups in total. The first-order valence-electron chi connectivity index (χ1n) is 11.2. The highest BCUT2D eigenvalue weighted by Gasteiger charge is 2.44. The van der Waals surface area contributed by atoms with Crippen molar-refractivity contribution in [2.75, 3.05) is 0 Å². The Hall–Kier alpha value is -2.92. The Morgan fingerprint density at radius 1 is 1.09 bits per heavy atom. The number of ether oxygens (including phenoxy) is 1. The predicted octanol–water partition coefficient (Wildman–Crippen LogP) is 6.58. The molecule has 4 nitrogen and oxygen atoms in total. The second-order valence-corrected chi connectivity index (χ2v) is 10.4. The van der Waals surface area contributed by atoms with Crippen LogP contribution in [0.15, 0.2) is 82.4 Å². The summed E-state index contributed by atoms with van der Waals surface area (Å²) in [5.74, 6) is 0.907. The molecule has 1 saturated carbocycles. The summed E-state index contributed by atoms with van der Waals surface area (Å²) < 4.78 is 6.90. The molecule has 3 aromatic rings. The Kier molecular flexibility index (Phi) is 6.99. The van der Waals surface area contributed by atoms with Gasteiger partial charge < -0.3 is 4.74 Å². The van der Waals surface area contributed by atoms with Crippen LogP contribution in [0.25, 0.3) is 0 Å². The van der Waals surface area contributed by atoms with Crippen LogP contribution in [0.5, 0.6) is 5.75 Å². The lowest BCUT2D eigenvalue weighted by atomic mass is 9.86. The van der Waals surface area contributed by atoms with Crippen molar-refractivity contribution in [3.63, 3.8) is 0 Å². The summed E-state index contributed by atoms with van der Waals surface area (Å²) in [4.78, 5) is 12.6. The molecule has 3 aromatic carbocycles. The van der Waals surface area contributed by atoms with Crippen LogP contribution in [0, 0.1) is 5.92 Å². The van der Waals surface area contributed by atoms with Crippen LogP contribution in [0.3, 0.4) is 0 Å². The zero-order valence-corrected chi connectivity index (χ0v) is 20.8. The molecule has 1 aliphatic rings. The summed E-state index contributed by atoms with van der Waals surface area (Å²) in [6.45, 7) is 7.08. The third-order valence-electron chi connectivity index (χ3n) is 5.92. The zero-order valence-electron chi connectivity index (χ0n) is 19.2. The van der Waals surface area contributed by atoms with E-state index in [4.69, 9.17) is 4.74 Å². The van der Waals surface area contributed by atoms with Crippen molar-refractivity contribution in [1.82, 2.24) is 5.43 Å². The van der Waals surface area contributed by atoms with E-state index in [0.29, 0.717) is 12.4 Å². The van der Waals surface area contributed by atoms with E-state index in [1.165, 1.54) is 11.1 Å². The molecule has 0 radical (unpaired) electrons. The minimum Gasteiger partial charge on any atom is -0.488 e. The van der Waals surface area contributed by atoms with Crippen LogP contribution in [0.2, 0.25) is 0 Å². The SMILES string of the molecule is CC(C)(C)c1ccc([C@H]2C[C@@H]2C(=O)N/N=C/c2cc(Br)ccc2OCc2ccccc2)cc1. The molecule has 1 aliphatic carbocycles. The maximum atomic E-state index is 12.6. The van der Waals surface area contributed by atoms with Gasteiger partial charge in [-0.05, 0) is 52.6 Å². The van der Waals surface area contributed by atoms with Crippen molar-refractivity contribution in [3.8, 4) is 5.75 Å². The number of hydrazone groups is 1. The number of nitrogens with zero attached hydrogens (tertiary/aromatic N) is 1. The summed E-state index contributed by atoms with van der Waals surface area (Å²) >= 11 is 3.49. The van der Waals surface area contributed by atoms with Crippen LogP contribution >= 0.6 is 15.9 Å². The Morgan fingerprint density at radius 3 is 2.52 bits per heavy atom. The molecule has 0 aromatic heterocycles. The van der Waals surface area contributed by atoms with Gasteiger partial charge in [-0.1, -0.05) is 91.3 Å². The number of rotatable bonds is 7. The van der Waals surface area contributed by atoms with Crippen molar-refractivity contribution in [2.24, 2.45) is 11.0 Å². The number of amides is 1. The van der Waals surface area contributed by atoms with Gasteiger partial charge >= 0.3 is 0 Å². The van der Waals surface area contributed by atoms with Crippen LogP contribution in [-0.2, 0) is 16.8 Å². The molecular weight excluding hydrogens is 476 g/mol. The second kappa shape index (κ2) is 9.92. The molecule has 2 atom stereocenters. The lowest BCUT2D eigenvalue weighted by molar-refractivity contribution is -0.122. The van der Waals surface area contributed by atoms with Gasteiger partial charge in [0.05, 0.1) is 6.21 Å². The zero-order chi connectivity index (χ0) is 23.4. The lowest BCUT2D eigenvalue weighted by Gasteiger charge is -2.19. The molecule has 0 bridgehead atoms. The van der Waals surface area contributed by atoms with E-state index in [2.05, 4.69) is 71.5 Å². The Labute approximate surface area is 204 Å². The molecule has 4 rings (SSSR count).